The van der Waals surface area contributed by atoms with E-state index in [1.165, 1.54) is 24.8 Å². The summed E-state index contributed by atoms with van der Waals surface area (Å²) in [5, 5.41) is 11.6. The predicted octanol–water partition coefficient (Wildman–Crippen LogP) is 2.71. The van der Waals surface area contributed by atoms with E-state index >= 15 is 0 Å². The predicted molar refractivity (Wildman–Crippen MR) is 104 cm³/mol. The van der Waals surface area contributed by atoms with Crippen LogP contribution in [0.2, 0.25) is 0 Å². The van der Waals surface area contributed by atoms with Crippen LogP contribution in [-0.2, 0) is 11.0 Å². The molecule has 1 N–H and O–H groups in total. The van der Waals surface area contributed by atoms with Gasteiger partial charge >= 0.3 is 18.2 Å². The van der Waals surface area contributed by atoms with Crippen molar-refractivity contribution >= 4 is 23.7 Å². The molecule has 31 heavy (non-hydrogen) atoms. The largest absolute Gasteiger partial charge is 0.417 e. The molecule has 0 aliphatic carbocycles. The lowest BCUT2D eigenvalue weighted by Crippen LogP contribution is -2.44. The zero-order valence-electron chi connectivity index (χ0n) is 16.9. The van der Waals surface area contributed by atoms with E-state index < -0.39 is 34.8 Å². The van der Waals surface area contributed by atoms with Crippen molar-refractivity contribution in [3.05, 3.63) is 41.5 Å². The Hall–Kier alpha value is -3.55. The van der Waals surface area contributed by atoms with E-state index in [0.717, 1.165) is 12.1 Å². The third-order valence-electron chi connectivity index (χ3n) is 5.24. The van der Waals surface area contributed by atoms with Gasteiger partial charge in [0.1, 0.15) is 5.54 Å². The molecule has 0 bridgehead atoms. The molecule has 2 heterocycles. The lowest BCUT2D eigenvalue weighted by molar-refractivity contribution is -0.137. The number of benzene rings is 1. The zero-order chi connectivity index (χ0) is 23.0. The quantitative estimate of drug-likeness (QED) is 0.568. The molecular weight excluding hydrogens is 415 g/mol. The molecular formula is C20H20F3N5O3. The Balaban J connectivity index is 1.82. The molecule has 2 fully saturated rings. The number of hydrogen-bond donors (Lipinski definition) is 1. The standard InChI is InChI=1S/C20H20F3N5O3/c1-19(2)16(29)28(14-6-5-13(12-24)15(11-14)20(21,22)23)18(31)27(19)9-4-3-8-26-10-7-25-17(26)30/h3-6,11H,7-10H2,1-2H3,(H,25,30). The molecule has 11 heteroatoms. The number of hydrogen-bond acceptors (Lipinski definition) is 4. The Bertz CT molecular complexity index is 997. The fourth-order valence-corrected chi connectivity index (χ4v) is 3.44. The number of imide groups is 1. The van der Waals surface area contributed by atoms with Crippen LogP contribution in [0, 0.1) is 11.3 Å². The van der Waals surface area contributed by atoms with Crippen LogP contribution in [0.15, 0.2) is 30.4 Å². The zero-order valence-corrected chi connectivity index (χ0v) is 16.9. The summed E-state index contributed by atoms with van der Waals surface area (Å²) in [4.78, 5) is 40.8. The highest BCUT2D eigenvalue weighted by Crippen LogP contribution is 2.37. The van der Waals surface area contributed by atoms with E-state index in [1.54, 1.807) is 17.1 Å². The number of nitriles is 1. The third-order valence-corrected chi connectivity index (χ3v) is 5.24. The molecule has 3 rings (SSSR count). The van der Waals surface area contributed by atoms with Crippen LogP contribution in [0.25, 0.3) is 0 Å². The number of anilines is 1. The first-order chi connectivity index (χ1) is 14.5. The topological polar surface area (TPSA) is 96.8 Å². The second kappa shape index (κ2) is 7.94. The minimum Gasteiger partial charge on any atom is -0.336 e. The highest BCUT2D eigenvalue weighted by Gasteiger charge is 2.51. The number of halogens is 3. The lowest BCUT2D eigenvalue weighted by atomic mass is 10.0. The average Bonchev–Trinajstić information content (AvgIpc) is 3.17. The van der Waals surface area contributed by atoms with E-state index in [1.807, 2.05) is 0 Å². The number of urea groups is 2. The summed E-state index contributed by atoms with van der Waals surface area (Å²) < 4.78 is 39.9. The molecule has 2 aliphatic heterocycles. The number of alkyl halides is 3. The molecule has 0 saturated carbocycles. The summed E-state index contributed by atoms with van der Waals surface area (Å²) in [5.74, 6) is -0.678. The highest BCUT2D eigenvalue weighted by atomic mass is 19.4. The number of amides is 5. The van der Waals surface area contributed by atoms with Gasteiger partial charge in [0.2, 0.25) is 0 Å². The van der Waals surface area contributed by atoms with Gasteiger partial charge in [-0.2, -0.15) is 18.4 Å². The monoisotopic (exact) mass is 435 g/mol. The number of nitrogens with zero attached hydrogens (tertiary/aromatic N) is 4. The minimum atomic E-state index is -4.81. The van der Waals surface area contributed by atoms with Crippen LogP contribution in [-0.4, -0.2) is 59.5 Å². The van der Waals surface area contributed by atoms with Gasteiger partial charge in [-0.15, -0.1) is 0 Å². The fourth-order valence-electron chi connectivity index (χ4n) is 3.44. The third kappa shape index (κ3) is 4.05. The van der Waals surface area contributed by atoms with Crippen molar-refractivity contribution < 1.29 is 27.6 Å². The van der Waals surface area contributed by atoms with Gasteiger partial charge in [-0.3, -0.25) is 4.79 Å². The van der Waals surface area contributed by atoms with Crippen molar-refractivity contribution in [1.29, 1.82) is 5.26 Å². The molecule has 0 radical (unpaired) electrons. The summed E-state index contributed by atoms with van der Waals surface area (Å²) >= 11 is 0. The van der Waals surface area contributed by atoms with Crippen molar-refractivity contribution in [2.24, 2.45) is 0 Å². The van der Waals surface area contributed by atoms with Crippen LogP contribution in [0.1, 0.15) is 25.0 Å². The Morgan fingerprint density at radius 3 is 2.45 bits per heavy atom. The molecule has 1 aromatic rings. The van der Waals surface area contributed by atoms with E-state index in [0.29, 0.717) is 30.6 Å². The van der Waals surface area contributed by atoms with Crippen molar-refractivity contribution in [3.8, 4) is 6.07 Å². The first kappa shape index (κ1) is 22.1. The van der Waals surface area contributed by atoms with Crippen molar-refractivity contribution in [2.45, 2.75) is 25.6 Å². The summed E-state index contributed by atoms with van der Waals surface area (Å²) in [5.41, 5.74) is -3.36. The second-order valence-corrected chi connectivity index (χ2v) is 7.58. The molecule has 2 saturated heterocycles. The molecule has 0 spiro atoms. The summed E-state index contributed by atoms with van der Waals surface area (Å²) in [6.07, 6.45) is -1.50. The number of carbonyl (C=O) groups is 3. The van der Waals surface area contributed by atoms with Gasteiger partial charge in [0, 0.05) is 26.2 Å². The first-order valence-corrected chi connectivity index (χ1v) is 9.43. The number of carbonyl (C=O) groups excluding carboxylic acids is 3. The smallest absolute Gasteiger partial charge is 0.336 e. The Kier molecular flexibility index (Phi) is 5.67. The van der Waals surface area contributed by atoms with Gasteiger partial charge in [-0.1, -0.05) is 12.2 Å². The van der Waals surface area contributed by atoms with Gasteiger partial charge in [0.25, 0.3) is 5.91 Å². The highest BCUT2D eigenvalue weighted by molar-refractivity contribution is 6.23. The molecule has 0 aromatic heterocycles. The van der Waals surface area contributed by atoms with E-state index in [4.69, 9.17) is 5.26 Å². The lowest BCUT2D eigenvalue weighted by Gasteiger charge is -2.26. The van der Waals surface area contributed by atoms with Crippen LogP contribution in [0.5, 0.6) is 0 Å². The maximum absolute atomic E-state index is 13.3. The Labute approximate surface area is 176 Å². The average molecular weight is 435 g/mol. The van der Waals surface area contributed by atoms with Crippen LogP contribution in [0.4, 0.5) is 28.4 Å². The molecule has 0 unspecified atom stereocenters. The maximum Gasteiger partial charge on any atom is 0.417 e. The number of nitrogens with one attached hydrogen (secondary N) is 1. The van der Waals surface area contributed by atoms with E-state index in [2.05, 4.69) is 5.32 Å². The van der Waals surface area contributed by atoms with Crippen molar-refractivity contribution in [2.75, 3.05) is 31.1 Å². The second-order valence-electron chi connectivity index (χ2n) is 7.58. The van der Waals surface area contributed by atoms with E-state index in [-0.39, 0.29) is 18.3 Å². The molecule has 1 aromatic carbocycles. The van der Waals surface area contributed by atoms with Crippen LogP contribution >= 0.6 is 0 Å². The summed E-state index contributed by atoms with van der Waals surface area (Å²) in [6.45, 7) is 4.48. The summed E-state index contributed by atoms with van der Waals surface area (Å²) in [7, 11) is 0. The minimum absolute atomic E-state index is 0.0337. The molecule has 164 valence electrons. The fraction of sp³-hybridized carbons (Fsp3) is 0.400. The SMILES string of the molecule is CC1(C)C(=O)N(c2ccc(C#N)c(C(F)(F)F)c2)C(=O)N1CC=CCN1CCNC1=O. The summed E-state index contributed by atoms with van der Waals surface area (Å²) in [6, 6.07) is 3.23. The molecule has 2 aliphatic rings. The Morgan fingerprint density at radius 1 is 1.19 bits per heavy atom. The molecule has 8 nitrogen and oxygen atoms in total. The van der Waals surface area contributed by atoms with Gasteiger partial charge in [-0.05, 0) is 32.0 Å². The van der Waals surface area contributed by atoms with Crippen LogP contribution in [0.3, 0.4) is 0 Å². The first-order valence-electron chi connectivity index (χ1n) is 9.43. The normalized spacial score (nSPS) is 18.8. The van der Waals surface area contributed by atoms with Crippen molar-refractivity contribution in [1.82, 2.24) is 15.1 Å². The van der Waals surface area contributed by atoms with E-state index in [9.17, 15) is 27.6 Å². The van der Waals surface area contributed by atoms with Gasteiger partial charge in [-0.25, -0.2) is 14.5 Å². The number of rotatable bonds is 5. The van der Waals surface area contributed by atoms with Gasteiger partial charge in [0.15, 0.2) is 0 Å². The van der Waals surface area contributed by atoms with Crippen LogP contribution < -0.4 is 10.2 Å². The van der Waals surface area contributed by atoms with Crippen molar-refractivity contribution in [3.63, 3.8) is 0 Å². The van der Waals surface area contributed by atoms with Gasteiger partial charge in [0.05, 0.1) is 22.9 Å². The maximum atomic E-state index is 13.3. The Morgan fingerprint density at radius 2 is 1.87 bits per heavy atom. The molecule has 0 atom stereocenters. The molecule has 5 amide bonds. The van der Waals surface area contributed by atoms with Gasteiger partial charge < -0.3 is 15.1 Å².